The van der Waals surface area contributed by atoms with Crippen molar-refractivity contribution in [2.24, 2.45) is 5.92 Å². The fraction of sp³-hybridized carbons (Fsp3) is 0.433. The molecule has 1 aliphatic rings. The van der Waals surface area contributed by atoms with Crippen LogP contribution >= 0.6 is 0 Å². The molecule has 3 atom stereocenters. The maximum atomic E-state index is 13.5. The Morgan fingerprint density at radius 3 is 2.49 bits per heavy atom. The number of carbonyl (C=O) groups is 2. The molecule has 2 aromatic carbocycles. The van der Waals surface area contributed by atoms with Crippen LogP contribution in [0, 0.1) is 26.7 Å². The number of urea groups is 1. The molecule has 13 heteroatoms. The van der Waals surface area contributed by atoms with Crippen LogP contribution in [0.3, 0.4) is 0 Å². The summed E-state index contributed by atoms with van der Waals surface area (Å²) in [6, 6.07) is 10.6. The Morgan fingerprint density at radius 1 is 1.16 bits per heavy atom. The number of fused-ring (bicyclic) bond motifs is 1. The van der Waals surface area contributed by atoms with Crippen molar-refractivity contribution in [2.45, 2.75) is 58.1 Å². The minimum absolute atomic E-state index is 0.0200. The molecule has 0 spiro atoms. The molecule has 1 aliphatic heterocycles. The van der Waals surface area contributed by atoms with Gasteiger partial charge in [-0.05, 0) is 58.0 Å². The maximum absolute atomic E-state index is 13.5. The third-order valence-electron chi connectivity index (χ3n) is 7.61. The van der Waals surface area contributed by atoms with Gasteiger partial charge in [-0.15, -0.1) is 0 Å². The van der Waals surface area contributed by atoms with Crippen LogP contribution in [0.2, 0.25) is 0 Å². The molecule has 4 rings (SSSR count). The SMILES string of the molecule is Cc1ccc(S(=O)(=O)N(C)C[C@@H]2Oc3ccc(NC(=O)Nc4c(C)noc4C)cc3CC(=O)N([C@H](C)CO)C[C@H]2C)cc1. The number of aromatic nitrogens is 1. The van der Waals surface area contributed by atoms with Crippen LogP contribution in [-0.4, -0.2) is 78.7 Å². The standard InChI is InChI=1S/C30H39N5O7S/c1-18-7-10-25(11-8-18)43(39,40)34(6)16-27-19(2)15-35(20(3)17-36)28(37)14-23-13-24(9-12-26(23)41-27)31-30(38)32-29-21(4)33-42-22(29)5/h7-13,19-20,27,36H,14-17H2,1-6H3,(H2,31,32,38)/t19-,20-,27+/m1/s1. The van der Waals surface area contributed by atoms with E-state index in [-0.39, 0.29) is 42.8 Å². The monoisotopic (exact) mass is 613 g/mol. The Morgan fingerprint density at radius 2 is 1.86 bits per heavy atom. The summed E-state index contributed by atoms with van der Waals surface area (Å²) in [7, 11) is -2.31. The van der Waals surface area contributed by atoms with E-state index in [2.05, 4.69) is 15.8 Å². The van der Waals surface area contributed by atoms with Gasteiger partial charge >= 0.3 is 6.03 Å². The van der Waals surface area contributed by atoms with Crippen molar-refractivity contribution < 1.29 is 32.4 Å². The van der Waals surface area contributed by atoms with E-state index in [9.17, 15) is 23.1 Å². The Bertz CT molecular complexity index is 1550. The number of hydrogen-bond acceptors (Lipinski definition) is 8. The van der Waals surface area contributed by atoms with Crippen LogP contribution in [0.15, 0.2) is 51.9 Å². The summed E-state index contributed by atoms with van der Waals surface area (Å²) in [5.41, 5.74) is 2.88. The fourth-order valence-electron chi connectivity index (χ4n) is 4.90. The first kappa shape index (κ1) is 32.0. The van der Waals surface area contributed by atoms with E-state index >= 15 is 0 Å². The number of ether oxygens (including phenoxy) is 1. The van der Waals surface area contributed by atoms with Gasteiger partial charge in [0, 0.05) is 30.8 Å². The third kappa shape index (κ3) is 7.35. The molecule has 3 aromatic rings. The molecule has 0 fully saturated rings. The number of aliphatic hydroxyl groups excluding tert-OH is 1. The molecule has 3 N–H and O–H groups in total. The normalized spacial score (nSPS) is 18.2. The number of hydrogen-bond donors (Lipinski definition) is 3. The lowest BCUT2D eigenvalue weighted by atomic mass is 10.0. The van der Waals surface area contributed by atoms with Gasteiger partial charge in [-0.25, -0.2) is 13.2 Å². The Balaban J connectivity index is 1.62. The van der Waals surface area contributed by atoms with E-state index < -0.39 is 28.2 Å². The molecule has 3 amide bonds. The second kappa shape index (κ2) is 13.1. The zero-order chi connectivity index (χ0) is 31.5. The Kier molecular flexibility index (Phi) is 9.78. The minimum Gasteiger partial charge on any atom is -0.488 e. The molecule has 1 aromatic heterocycles. The van der Waals surface area contributed by atoms with Crippen LogP contribution < -0.4 is 15.4 Å². The first-order valence-electron chi connectivity index (χ1n) is 14.0. The average molecular weight is 614 g/mol. The molecule has 0 aliphatic carbocycles. The maximum Gasteiger partial charge on any atom is 0.323 e. The van der Waals surface area contributed by atoms with Crippen molar-refractivity contribution >= 4 is 33.3 Å². The summed E-state index contributed by atoms with van der Waals surface area (Å²) >= 11 is 0. The number of rotatable bonds is 8. The molecule has 0 unspecified atom stereocenters. The molecule has 0 saturated carbocycles. The fourth-order valence-corrected chi connectivity index (χ4v) is 6.09. The van der Waals surface area contributed by atoms with Gasteiger partial charge in [0.05, 0.1) is 30.5 Å². The van der Waals surface area contributed by atoms with Crippen LogP contribution in [0.5, 0.6) is 5.75 Å². The molecule has 12 nitrogen and oxygen atoms in total. The molecule has 232 valence electrons. The van der Waals surface area contributed by atoms with Crippen molar-refractivity contribution in [2.75, 3.05) is 37.4 Å². The molecular weight excluding hydrogens is 574 g/mol. The number of aryl methyl sites for hydroxylation is 3. The molecule has 2 heterocycles. The molecule has 0 radical (unpaired) electrons. The second-order valence-corrected chi connectivity index (χ2v) is 13.1. The predicted molar refractivity (Wildman–Crippen MR) is 162 cm³/mol. The average Bonchev–Trinajstić information content (AvgIpc) is 3.29. The highest BCUT2D eigenvalue weighted by Gasteiger charge is 2.33. The van der Waals surface area contributed by atoms with Crippen molar-refractivity contribution in [3.63, 3.8) is 0 Å². The largest absolute Gasteiger partial charge is 0.488 e. The number of benzene rings is 2. The summed E-state index contributed by atoms with van der Waals surface area (Å²) in [5.74, 6) is 0.352. The van der Waals surface area contributed by atoms with Crippen molar-refractivity contribution in [1.82, 2.24) is 14.4 Å². The number of sulfonamides is 1. The first-order valence-corrected chi connectivity index (χ1v) is 15.5. The van der Waals surface area contributed by atoms with Crippen LogP contribution in [0.25, 0.3) is 0 Å². The van der Waals surface area contributed by atoms with Gasteiger partial charge in [-0.2, -0.15) is 4.31 Å². The first-order chi connectivity index (χ1) is 20.3. The summed E-state index contributed by atoms with van der Waals surface area (Å²) in [4.78, 5) is 28.0. The third-order valence-corrected chi connectivity index (χ3v) is 9.45. The van der Waals surface area contributed by atoms with E-state index in [4.69, 9.17) is 9.26 Å². The number of nitrogens with zero attached hydrogens (tertiary/aromatic N) is 3. The van der Waals surface area contributed by atoms with Gasteiger partial charge < -0.3 is 29.9 Å². The van der Waals surface area contributed by atoms with E-state index in [0.717, 1.165) is 5.56 Å². The number of anilines is 2. The van der Waals surface area contributed by atoms with E-state index in [1.54, 1.807) is 68.1 Å². The quantitative estimate of drug-likeness (QED) is 0.347. The number of nitrogens with one attached hydrogen (secondary N) is 2. The van der Waals surface area contributed by atoms with Gasteiger partial charge in [-0.1, -0.05) is 29.8 Å². The van der Waals surface area contributed by atoms with Gasteiger partial charge in [0.25, 0.3) is 0 Å². The van der Waals surface area contributed by atoms with Gasteiger partial charge in [0.15, 0.2) is 5.76 Å². The summed E-state index contributed by atoms with van der Waals surface area (Å²) < 4.78 is 39.6. The van der Waals surface area contributed by atoms with Gasteiger partial charge in [-0.3, -0.25) is 4.79 Å². The van der Waals surface area contributed by atoms with E-state index in [1.165, 1.54) is 11.4 Å². The number of likely N-dealkylation sites (N-methyl/N-ethyl adjacent to an activating group) is 1. The second-order valence-electron chi connectivity index (χ2n) is 11.1. The van der Waals surface area contributed by atoms with Gasteiger partial charge in [0.2, 0.25) is 15.9 Å². The molecule has 43 heavy (non-hydrogen) atoms. The lowest BCUT2D eigenvalue weighted by molar-refractivity contribution is -0.134. The van der Waals surface area contributed by atoms with Crippen molar-refractivity contribution in [1.29, 1.82) is 0 Å². The van der Waals surface area contributed by atoms with Gasteiger partial charge in [0.1, 0.15) is 23.2 Å². The highest BCUT2D eigenvalue weighted by Crippen LogP contribution is 2.30. The highest BCUT2D eigenvalue weighted by molar-refractivity contribution is 7.89. The number of carbonyl (C=O) groups excluding carboxylic acids is 2. The summed E-state index contributed by atoms with van der Waals surface area (Å²) in [5, 5.41) is 19.2. The van der Waals surface area contributed by atoms with Crippen LogP contribution in [-0.2, 0) is 21.2 Å². The van der Waals surface area contributed by atoms with Crippen molar-refractivity contribution in [3.05, 3.63) is 65.0 Å². The molecule has 0 bridgehead atoms. The lowest BCUT2D eigenvalue weighted by Gasteiger charge is -2.33. The zero-order valence-corrected chi connectivity index (χ0v) is 26.1. The van der Waals surface area contributed by atoms with Crippen molar-refractivity contribution in [3.8, 4) is 5.75 Å². The smallest absolute Gasteiger partial charge is 0.323 e. The van der Waals surface area contributed by atoms with E-state index in [1.807, 2.05) is 13.8 Å². The Labute approximate surface area is 252 Å². The van der Waals surface area contributed by atoms with Crippen LogP contribution in [0.1, 0.15) is 36.4 Å². The summed E-state index contributed by atoms with van der Waals surface area (Å²) in [6.07, 6.45) is -0.678. The minimum atomic E-state index is -3.81. The Hall–Kier alpha value is -3.94. The van der Waals surface area contributed by atoms with E-state index in [0.29, 0.717) is 34.1 Å². The molecule has 0 saturated heterocycles. The topological polar surface area (TPSA) is 154 Å². The highest BCUT2D eigenvalue weighted by atomic mass is 32.2. The lowest BCUT2D eigenvalue weighted by Crippen LogP contribution is -2.48. The zero-order valence-electron chi connectivity index (χ0n) is 25.2. The number of amides is 3. The van der Waals surface area contributed by atoms with Crippen LogP contribution in [0.4, 0.5) is 16.2 Å². The number of aliphatic hydroxyl groups is 1. The predicted octanol–water partition coefficient (Wildman–Crippen LogP) is 3.71. The molecular formula is C30H39N5O7S. The summed E-state index contributed by atoms with van der Waals surface area (Å²) in [6.45, 7) is 8.97.